The minimum absolute atomic E-state index is 0.207. The number of carbonyl (C=O) groups excluding carboxylic acids is 1. The van der Waals surface area contributed by atoms with Crippen LogP contribution in [0.5, 0.6) is 0 Å². The number of aryl methyl sites for hydroxylation is 1. The molecule has 1 fully saturated rings. The molecular formula is C24H30N6O. The number of hydrogen-bond donors (Lipinski definition) is 2. The molecule has 1 saturated heterocycles. The van der Waals surface area contributed by atoms with Gasteiger partial charge in [0.15, 0.2) is 0 Å². The van der Waals surface area contributed by atoms with Gasteiger partial charge in [-0.2, -0.15) is 0 Å². The number of nitrogens with zero attached hydrogens (tertiary/aromatic N) is 4. The number of urea groups is 1. The average molecular weight is 419 g/mol. The second kappa shape index (κ2) is 9.76. The van der Waals surface area contributed by atoms with Gasteiger partial charge in [-0.25, -0.2) is 9.78 Å². The van der Waals surface area contributed by atoms with Crippen molar-refractivity contribution >= 4 is 11.7 Å². The van der Waals surface area contributed by atoms with Crippen molar-refractivity contribution in [2.24, 2.45) is 0 Å². The molecule has 7 nitrogen and oxygen atoms in total. The predicted molar refractivity (Wildman–Crippen MR) is 123 cm³/mol. The lowest BCUT2D eigenvalue weighted by atomic mass is 10.1. The monoisotopic (exact) mass is 418 g/mol. The Kier molecular flexibility index (Phi) is 6.64. The van der Waals surface area contributed by atoms with Gasteiger partial charge in [-0.1, -0.05) is 24.3 Å². The Hall–Kier alpha value is -3.16. The number of likely N-dealkylation sites (N-methyl/N-ethyl adjacent to an activating group) is 1. The molecule has 0 atom stereocenters. The van der Waals surface area contributed by atoms with E-state index in [4.69, 9.17) is 0 Å². The number of amides is 2. The van der Waals surface area contributed by atoms with E-state index in [0.717, 1.165) is 55.2 Å². The number of hydrogen-bond acceptors (Lipinski definition) is 4. The molecule has 1 aliphatic heterocycles. The topological polar surface area (TPSA) is 65.4 Å². The molecule has 0 spiro atoms. The van der Waals surface area contributed by atoms with Crippen molar-refractivity contribution in [1.82, 2.24) is 24.7 Å². The summed E-state index contributed by atoms with van der Waals surface area (Å²) in [5.74, 6) is 0. The first-order chi connectivity index (χ1) is 15.1. The summed E-state index contributed by atoms with van der Waals surface area (Å²) in [5, 5.41) is 5.91. The highest BCUT2D eigenvalue weighted by molar-refractivity contribution is 5.89. The Morgan fingerprint density at radius 1 is 1.06 bits per heavy atom. The summed E-state index contributed by atoms with van der Waals surface area (Å²) in [7, 11) is 2.16. The quantitative estimate of drug-likeness (QED) is 0.645. The van der Waals surface area contributed by atoms with Crippen LogP contribution in [0, 0.1) is 6.92 Å². The highest BCUT2D eigenvalue weighted by Crippen LogP contribution is 2.17. The molecule has 2 amide bonds. The number of nitrogens with one attached hydrogen (secondary N) is 2. The SMILES string of the molecule is Cc1ccc(CNC(=O)Nc2cccc(CN3CCN(C)CC3)c2)cc1-n1ccnc1. The van der Waals surface area contributed by atoms with Gasteiger partial charge in [-0.15, -0.1) is 0 Å². The van der Waals surface area contributed by atoms with Crippen molar-refractivity contribution < 1.29 is 4.79 Å². The molecule has 0 bridgehead atoms. The molecule has 2 aromatic carbocycles. The summed E-state index contributed by atoms with van der Waals surface area (Å²) in [6, 6.07) is 14.1. The van der Waals surface area contributed by atoms with E-state index in [9.17, 15) is 4.79 Å². The first-order valence-electron chi connectivity index (χ1n) is 10.7. The van der Waals surface area contributed by atoms with Gasteiger partial charge in [-0.05, 0) is 48.9 Å². The van der Waals surface area contributed by atoms with E-state index < -0.39 is 0 Å². The van der Waals surface area contributed by atoms with Gasteiger partial charge in [0.25, 0.3) is 0 Å². The molecule has 4 rings (SSSR count). The van der Waals surface area contributed by atoms with Gasteiger partial charge in [0, 0.05) is 63.0 Å². The predicted octanol–water partition coefficient (Wildman–Crippen LogP) is 3.25. The van der Waals surface area contributed by atoms with Crippen LogP contribution in [0.25, 0.3) is 5.69 Å². The van der Waals surface area contributed by atoms with Crippen LogP contribution in [0.4, 0.5) is 10.5 Å². The lowest BCUT2D eigenvalue weighted by Crippen LogP contribution is -2.43. The Labute approximate surface area is 183 Å². The van der Waals surface area contributed by atoms with Crippen molar-refractivity contribution in [3.05, 3.63) is 77.9 Å². The van der Waals surface area contributed by atoms with Gasteiger partial charge in [0.05, 0.1) is 6.33 Å². The summed E-state index contributed by atoms with van der Waals surface area (Å²) < 4.78 is 1.98. The number of aromatic nitrogens is 2. The fourth-order valence-corrected chi connectivity index (χ4v) is 3.81. The van der Waals surface area contributed by atoms with E-state index >= 15 is 0 Å². The number of piperazine rings is 1. The Bertz CT molecular complexity index is 1010. The van der Waals surface area contributed by atoms with Crippen LogP contribution >= 0.6 is 0 Å². The van der Waals surface area contributed by atoms with Crippen LogP contribution in [-0.4, -0.2) is 58.6 Å². The molecule has 1 aliphatic rings. The lowest BCUT2D eigenvalue weighted by Gasteiger charge is -2.32. The van der Waals surface area contributed by atoms with E-state index in [-0.39, 0.29) is 6.03 Å². The second-order valence-corrected chi connectivity index (χ2v) is 8.18. The number of rotatable bonds is 6. The van der Waals surface area contributed by atoms with E-state index in [1.54, 1.807) is 12.5 Å². The minimum atomic E-state index is -0.207. The maximum Gasteiger partial charge on any atom is 0.319 e. The van der Waals surface area contributed by atoms with Crippen molar-refractivity contribution in [2.45, 2.75) is 20.0 Å². The molecule has 3 aromatic rings. The van der Waals surface area contributed by atoms with E-state index in [1.165, 1.54) is 5.56 Å². The summed E-state index contributed by atoms with van der Waals surface area (Å²) >= 11 is 0. The molecule has 31 heavy (non-hydrogen) atoms. The van der Waals surface area contributed by atoms with Crippen molar-refractivity contribution in [2.75, 3.05) is 38.5 Å². The molecular weight excluding hydrogens is 388 g/mol. The molecule has 0 radical (unpaired) electrons. The van der Waals surface area contributed by atoms with E-state index in [1.807, 2.05) is 29.0 Å². The Balaban J connectivity index is 1.32. The van der Waals surface area contributed by atoms with Crippen molar-refractivity contribution in [3.63, 3.8) is 0 Å². The summed E-state index contributed by atoms with van der Waals surface area (Å²) in [4.78, 5) is 21.4. The van der Waals surface area contributed by atoms with Crippen LogP contribution in [-0.2, 0) is 13.1 Å². The van der Waals surface area contributed by atoms with Gasteiger partial charge in [0.2, 0.25) is 0 Å². The van der Waals surface area contributed by atoms with Gasteiger partial charge in [0.1, 0.15) is 0 Å². The molecule has 2 N–H and O–H groups in total. The second-order valence-electron chi connectivity index (χ2n) is 8.18. The molecule has 0 saturated carbocycles. The zero-order chi connectivity index (χ0) is 21.6. The molecule has 7 heteroatoms. The zero-order valence-electron chi connectivity index (χ0n) is 18.2. The number of imidazole rings is 1. The van der Waals surface area contributed by atoms with E-state index in [2.05, 4.69) is 63.7 Å². The van der Waals surface area contributed by atoms with Crippen LogP contribution in [0.2, 0.25) is 0 Å². The fraction of sp³-hybridized carbons (Fsp3) is 0.333. The third-order valence-corrected chi connectivity index (χ3v) is 5.70. The fourth-order valence-electron chi connectivity index (χ4n) is 3.81. The molecule has 162 valence electrons. The average Bonchev–Trinajstić information content (AvgIpc) is 3.30. The lowest BCUT2D eigenvalue weighted by molar-refractivity contribution is 0.148. The number of carbonyl (C=O) groups is 1. The Morgan fingerprint density at radius 3 is 2.68 bits per heavy atom. The Morgan fingerprint density at radius 2 is 1.90 bits per heavy atom. The van der Waals surface area contributed by atoms with Crippen LogP contribution in [0.15, 0.2) is 61.2 Å². The van der Waals surface area contributed by atoms with Crippen LogP contribution < -0.4 is 10.6 Å². The largest absolute Gasteiger partial charge is 0.334 e. The molecule has 0 unspecified atom stereocenters. The summed E-state index contributed by atoms with van der Waals surface area (Å²) in [6.45, 7) is 7.77. The maximum atomic E-state index is 12.5. The highest BCUT2D eigenvalue weighted by atomic mass is 16.2. The third kappa shape index (κ3) is 5.71. The normalized spacial score (nSPS) is 15.0. The first kappa shape index (κ1) is 21.1. The highest BCUT2D eigenvalue weighted by Gasteiger charge is 2.14. The standard InChI is InChI=1S/C24H30N6O/c1-19-6-7-20(15-23(19)30-9-8-25-18-30)16-26-24(31)27-22-5-3-4-21(14-22)17-29-12-10-28(2)11-13-29/h3-9,14-15,18H,10-13,16-17H2,1-2H3,(H2,26,27,31). The van der Waals surface area contributed by atoms with Gasteiger partial charge in [-0.3, -0.25) is 4.90 Å². The molecule has 2 heterocycles. The maximum absolute atomic E-state index is 12.5. The third-order valence-electron chi connectivity index (χ3n) is 5.70. The number of anilines is 1. The van der Waals surface area contributed by atoms with E-state index in [0.29, 0.717) is 6.54 Å². The van der Waals surface area contributed by atoms with Gasteiger partial charge < -0.3 is 20.1 Å². The minimum Gasteiger partial charge on any atom is -0.334 e. The van der Waals surface area contributed by atoms with Crippen molar-refractivity contribution in [3.8, 4) is 5.69 Å². The van der Waals surface area contributed by atoms with Crippen LogP contribution in [0.1, 0.15) is 16.7 Å². The number of benzene rings is 2. The van der Waals surface area contributed by atoms with Gasteiger partial charge >= 0.3 is 6.03 Å². The summed E-state index contributed by atoms with van der Waals surface area (Å²) in [6.07, 6.45) is 5.46. The smallest absolute Gasteiger partial charge is 0.319 e. The van der Waals surface area contributed by atoms with Crippen molar-refractivity contribution in [1.29, 1.82) is 0 Å². The molecule has 1 aromatic heterocycles. The zero-order valence-corrected chi connectivity index (χ0v) is 18.2. The summed E-state index contributed by atoms with van der Waals surface area (Å²) in [5.41, 5.74) is 5.28. The van der Waals surface area contributed by atoms with Crippen LogP contribution in [0.3, 0.4) is 0 Å². The molecule has 0 aliphatic carbocycles. The first-order valence-corrected chi connectivity index (χ1v) is 10.7.